The normalized spacial score (nSPS) is 11.3. The van der Waals surface area contributed by atoms with Gasteiger partial charge in [0.25, 0.3) is 0 Å². The van der Waals surface area contributed by atoms with Crippen LogP contribution in [0.25, 0.3) is 0 Å². The molecule has 1 aromatic carbocycles. The van der Waals surface area contributed by atoms with Crippen LogP contribution in [-0.4, -0.2) is 12.6 Å². The molecule has 0 bridgehead atoms. The first-order chi connectivity index (χ1) is 10.3. The Morgan fingerprint density at radius 1 is 0.957 bits per heavy atom. The van der Waals surface area contributed by atoms with Gasteiger partial charge in [0.2, 0.25) is 0 Å². The molecule has 0 aliphatic heterocycles. The summed E-state index contributed by atoms with van der Waals surface area (Å²) in [7, 11) is 0. The zero-order valence-corrected chi connectivity index (χ0v) is 13.9. The number of unbranched alkanes of at least 4 members (excludes halogenated alkanes) is 6. The average molecular weight is 324 g/mol. The van der Waals surface area contributed by atoms with Crippen LogP contribution in [0, 0.1) is 0 Å². The van der Waals surface area contributed by atoms with E-state index < -0.39 is 0 Å². The van der Waals surface area contributed by atoms with E-state index in [1.165, 1.54) is 50.5 Å². The minimum atomic E-state index is 0. The molecule has 0 fully saturated rings. The van der Waals surface area contributed by atoms with Crippen molar-refractivity contribution >= 4 is 0 Å². The number of ether oxygens (including phenoxy) is 1. The first-order valence-corrected chi connectivity index (χ1v) is 8.73. The molecule has 0 aliphatic carbocycles. The van der Waals surface area contributed by atoms with E-state index in [1.54, 1.807) is 0 Å². The maximum Gasteiger partial charge on any atom is 0.119 e. The van der Waals surface area contributed by atoms with Gasteiger partial charge in [-0.25, -0.2) is 0 Å². The van der Waals surface area contributed by atoms with Crippen LogP contribution >= 0.6 is 0 Å². The molecule has 1 aromatic rings. The van der Waals surface area contributed by atoms with E-state index in [0.29, 0.717) is 6.61 Å². The van der Waals surface area contributed by atoms with Crippen molar-refractivity contribution in [1.82, 2.24) is 0 Å². The molecular formula is C21H41NO. The standard InChI is InChI=1S/C19H33NO.2CH4/c1-3-5-6-7-8-9-10-12-17-13-11-14-19(15-17)21-16-18(20)4-2;;/h11,13-15,18H,3-10,12,16,20H2,1-2H3;2*1H4. The van der Waals surface area contributed by atoms with Gasteiger partial charge in [0.15, 0.2) is 0 Å². The van der Waals surface area contributed by atoms with Crippen molar-refractivity contribution < 1.29 is 4.74 Å². The highest BCUT2D eigenvalue weighted by Crippen LogP contribution is 2.16. The number of hydrogen-bond donors (Lipinski definition) is 1. The van der Waals surface area contributed by atoms with Crippen molar-refractivity contribution in [2.24, 2.45) is 5.73 Å². The maximum absolute atomic E-state index is 5.88. The lowest BCUT2D eigenvalue weighted by Crippen LogP contribution is -2.26. The van der Waals surface area contributed by atoms with Gasteiger partial charge in [-0.05, 0) is 37.0 Å². The van der Waals surface area contributed by atoms with E-state index in [2.05, 4.69) is 32.0 Å². The molecule has 0 heterocycles. The molecule has 0 aliphatic rings. The number of hydrogen-bond acceptors (Lipinski definition) is 2. The fourth-order valence-electron chi connectivity index (χ4n) is 2.40. The summed E-state index contributed by atoms with van der Waals surface area (Å²) in [6, 6.07) is 8.61. The van der Waals surface area contributed by atoms with Crippen molar-refractivity contribution in [2.45, 2.75) is 92.5 Å². The van der Waals surface area contributed by atoms with Gasteiger partial charge in [0.1, 0.15) is 12.4 Å². The predicted octanol–water partition coefficient (Wildman–Crippen LogP) is 6.37. The Kier molecular flexibility index (Phi) is 16.7. The quantitative estimate of drug-likeness (QED) is 0.454. The third kappa shape index (κ3) is 12.1. The van der Waals surface area contributed by atoms with Crippen LogP contribution in [0.1, 0.15) is 85.6 Å². The number of aryl methyl sites for hydroxylation is 1. The summed E-state index contributed by atoms with van der Waals surface area (Å²) < 4.78 is 5.75. The van der Waals surface area contributed by atoms with Crippen LogP contribution in [0.3, 0.4) is 0 Å². The Morgan fingerprint density at radius 2 is 1.61 bits per heavy atom. The van der Waals surface area contributed by atoms with Crippen LogP contribution in [0.15, 0.2) is 24.3 Å². The fraction of sp³-hybridized carbons (Fsp3) is 0.714. The summed E-state index contributed by atoms with van der Waals surface area (Å²) in [5, 5.41) is 0. The van der Waals surface area contributed by atoms with Gasteiger partial charge < -0.3 is 10.5 Å². The molecule has 0 amide bonds. The van der Waals surface area contributed by atoms with E-state index in [-0.39, 0.29) is 20.9 Å². The Hall–Kier alpha value is -1.02. The van der Waals surface area contributed by atoms with Crippen molar-refractivity contribution in [2.75, 3.05) is 6.61 Å². The Morgan fingerprint density at radius 3 is 2.26 bits per heavy atom. The van der Waals surface area contributed by atoms with Crippen LogP contribution in [0.2, 0.25) is 0 Å². The fourth-order valence-corrected chi connectivity index (χ4v) is 2.40. The van der Waals surface area contributed by atoms with Gasteiger partial charge in [-0.1, -0.05) is 79.4 Å². The summed E-state index contributed by atoms with van der Waals surface area (Å²) in [5.74, 6) is 0.958. The lowest BCUT2D eigenvalue weighted by Gasteiger charge is -2.12. The number of rotatable bonds is 12. The van der Waals surface area contributed by atoms with Crippen LogP contribution in [-0.2, 0) is 6.42 Å². The second-order valence-electron chi connectivity index (χ2n) is 6.00. The molecule has 1 atom stereocenters. The second-order valence-corrected chi connectivity index (χ2v) is 6.00. The smallest absolute Gasteiger partial charge is 0.119 e. The Bertz CT molecular complexity index is 365. The molecule has 0 spiro atoms. The minimum Gasteiger partial charge on any atom is -0.492 e. The third-order valence-electron chi connectivity index (χ3n) is 3.96. The van der Waals surface area contributed by atoms with Gasteiger partial charge in [-0.15, -0.1) is 0 Å². The molecule has 23 heavy (non-hydrogen) atoms. The molecular weight excluding hydrogens is 282 g/mol. The maximum atomic E-state index is 5.88. The Labute approximate surface area is 145 Å². The molecule has 2 N–H and O–H groups in total. The highest BCUT2D eigenvalue weighted by molar-refractivity contribution is 5.28. The summed E-state index contributed by atoms with van der Waals surface area (Å²) in [6.07, 6.45) is 11.6. The molecule has 0 saturated heterocycles. The summed E-state index contributed by atoms with van der Waals surface area (Å²) in [4.78, 5) is 0. The molecule has 0 aromatic heterocycles. The van der Waals surface area contributed by atoms with Crippen LogP contribution in [0.5, 0.6) is 5.75 Å². The molecule has 136 valence electrons. The van der Waals surface area contributed by atoms with Gasteiger partial charge in [-0.2, -0.15) is 0 Å². The van der Waals surface area contributed by atoms with E-state index in [1.807, 2.05) is 6.07 Å². The SMILES string of the molecule is C.C.CCCCCCCCCc1cccc(OCC(N)CC)c1. The minimum absolute atomic E-state index is 0. The van der Waals surface area contributed by atoms with Gasteiger partial charge in [0.05, 0.1) is 0 Å². The molecule has 1 rings (SSSR count). The predicted molar refractivity (Wildman–Crippen MR) is 105 cm³/mol. The lowest BCUT2D eigenvalue weighted by molar-refractivity contribution is 0.285. The molecule has 2 nitrogen and oxygen atoms in total. The topological polar surface area (TPSA) is 35.2 Å². The van der Waals surface area contributed by atoms with E-state index in [0.717, 1.165) is 18.6 Å². The van der Waals surface area contributed by atoms with Gasteiger partial charge in [0, 0.05) is 6.04 Å². The van der Waals surface area contributed by atoms with Crippen LogP contribution in [0.4, 0.5) is 0 Å². The molecule has 0 saturated carbocycles. The molecule has 2 heteroatoms. The average Bonchev–Trinajstić information content (AvgIpc) is 2.52. The molecule has 0 radical (unpaired) electrons. The Balaban J connectivity index is 0. The first kappa shape index (κ1) is 24.2. The zero-order valence-electron chi connectivity index (χ0n) is 13.9. The summed E-state index contributed by atoms with van der Waals surface area (Å²) in [5.41, 5.74) is 7.26. The van der Waals surface area contributed by atoms with Gasteiger partial charge >= 0.3 is 0 Å². The molecule has 1 unspecified atom stereocenters. The number of benzene rings is 1. The highest BCUT2D eigenvalue weighted by atomic mass is 16.5. The third-order valence-corrected chi connectivity index (χ3v) is 3.96. The summed E-state index contributed by atoms with van der Waals surface area (Å²) >= 11 is 0. The van der Waals surface area contributed by atoms with E-state index in [9.17, 15) is 0 Å². The van der Waals surface area contributed by atoms with Gasteiger partial charge in [-0.3, -0.25) is 0 Å². The van der Waals surface area contributed by atoms with Crippen molar-refractivity contribution in [3.8, 4) is 5.75 Å². The second kappa shape index (κ2) is 15.9. The first-order valence-electron chi connectivity index (χ1n) is 8.73. The summed E-state index contributed by atoms with van der Waals surface area (Å²) in [6.45, 7) is 4.96. The largest absolute Gasteiger partial charge is 0.492 e. The monoisotopic (exact) mass is 323 g/mol. The number of nitrogens with two attached hydrogens (primary N) is 1. The van der Waals surface area contributed by atoms with Crippen molar-refractivity contribution in [1.29, 1.82) is 0 Å². The van der Waals surface area contributed by atoms with E-state index in [4.69, 9.17) is 10.5 Å². The highest BCUT2D eigenvalue weighted by Gasteiger charge is 2.02. The lowest BCUT2D eigenvalue weighted by atomic mass is 10.0. The van der Waals surface area contributed by atoms with Crippen molar-refractivity contribution in [3.63, 3.8) is 0 Å². The van der Waals surface area contributed by atoms with E-state index >= 15 is 0 Å². The van der Waals surface area contributed by atoms with Crippen molar-refractivity contribution in [3.05, 3.63) is 29.8 Å². The zero-order chi connectivity index (χ0) is 15.3. The van der Waals surface area contributed by atoms with Crippen LogP contribution < -0.4 is 10.5 Å².